The number of fused-ring (bicyclic) bond motifs is 2. The summed E-state index contributed by atoms with van der Waals surface area (Å²) in [4.78, 5) is 4.54. The molecule has 0 amide bonds. The van der Waals surface area contributed by atoms with E-state index in [0.29, 0.717) is 0 Å². The van der Waals surface area contributed by atoms with Crippen molar-refractivity contribution < 1.29 is 15.4 Å². The Bertz CT molecular complexity index is 793. The zero-order valence-corrected chi connectivity index (χ0v) is 13.2. The van der Waals surface area contributed by atoms with Crippen molar-refractivity contribution in [2.24, 2.45) is 0 Å². The fraction of sp³-hybridized carbons (Fsp3) is 0.0556. The van der Waals surface area contributed by atoms with Crippen LogP contribution in [0.2, 0.25) is 0 Å². The van der Waals surface area contributed by atoms with Crippen LogP contribution in [0.4, 0.5) is 0 Å². The number of hydrogen-bond donors (Lipinski definition) is 0. The number of allylic oxidation sites excluding steroid dienone is 1. The fourth-order valence-corrected chi connectivity index (χ4v) is 2.79. The molecule has 1 heterocycles. The molecule has 0 aliphatic heterocycles. The Kier molecular flexibility index (Phi) is 4.41. The molecule has 0 saturated carbocycles. The Hall–Kier alpha value is -1.59. The molecule has 1 aliphatic carbocycles. The van der Waals surface area contributed by atoms with Crippen LogP contribution in [0, 0.1) is 6.08 Å². The van der Waals surface area contributed by atoms with E-state index in [0.717, 1.165) is 5.52 Å². The average molecular weight is 330 g/mol. The van der Waals surface area contributed by atoms with Crippen molar-refractivity contribution in [2.75, 3.05) is 0 Å². The monoisotopic (exact) mass is 329 g/mol. The molecule has 0 spiro atoms. The van der Waals surface area contributed by atoms with Crippen LogP contribution in [0.5, 0.6) is 0 Å². The molecule has 0 bridgehead atoms. The Morgan fingerprint density at radius 1 is 0.905 bits per heavy atom. The van der Waals surface area contributed by atoms with Gasteiger partial charge in [-0.2, -0.15) is 5.56 Å². The molecular formula is C18H12ClCrN+. The van der Waals surface area contributed by atoms with E-state index in [2.05, 4.69) is 91.1 Å². The number of halogens is 1. The van der Waals surface area contributed by atoms with Crippen LogP contribution in [0.15, 0.2) is 60.8 Å². The first-order chi connectivity index (χ1) is 10.4. The van der Waals surface area contributed by atoms with E-state index in [9.17, 15) is 0 Å². The summed E-state index contributed by atoms with van der Waals surface area (Å²) in [5, 5.41) is 1.19. The van der Waals surface area contributed by atoms with Crippen molar-refractivity contribution in [1.29, 1.82) is 0 Å². The van der Waals surface area contributed by atoms with Crippen molar-refractivity contribution in [3.63, 3.8) is 0 Å². The van der Waals surface area contributed by atoms with Crippen molar-refractivity contribution >= 4 is 27.0 Å². The van der Waals surface area contributed by atoms with Crippen molar-refractivity contribution in [1.82, 2.24) is 4.98 Å². The second-order valence-corrected chi connectivity index (χ2v) is 4.80. The third-order valence-electron chi connectivity index (χ3n) is 3.69. The number of hydrogen-bond acceptors (Lipinski definition) is 1. The maximum atomic E-state index is 4.54. The molecule has 3 aromatic rings. The molecule has 1 atom stereocenters. The van der Waals surface area contributed by atoms with E-state index in [4.69, 9.17) is 0 Å². The van der Waals surface area contributed by atoms with Crippen LogP contribution >= 0.6 is 10.0 Å². The number of para-hydroxylation sites is 1. The molecule has 1 aliphatic rings. The second-order valence-electron chi connectivity index (χ2n) is 4.80. The molecule has 1 nitrogen and oxygen atoms in total. The van der Waals surface area contributed by atoms with Gasteiger partial charge in [-0.25, -0.2) is 6.08 Å². The molecule has 1 unspecified atom stereocenters. The summed E-state index contributed by atoms with van der Waals surface area (Å²) in [5.74, 6) is 0.204. The number of rotatable bonds is 1. The third-order valence-corrected chi connectivity index (χ3v) is 3.69. The Balaban J connectivity index is 0.000000636. The van der Waals surface area contributed by atoms with Crippen LogP contribution in [0.3, 0.4) is 0 Å². The van der Waals surface area contributed by atoms with E-state index in [-0.39, 0.29) is 5.92 Å². The summed E-state index contributed by atoms with van der Waals surface area (Å²) >= 11 is 2.10. The summed E-state index contributed by atoms with van der Waals surface area (Å²) in [6.07, 6.45) is 7.41. The SMILES string of the molecule is [C-]1=Cc2ccccc2C1c1cccc2cccnc12.[Cl][Cr+2]. The summed E-state index contributed by atoms with van der Waals surface area (Å²) in [5.41, 5.74) is 4.90. The Labute approximate surface area is 136 Å². The fourth-order valence-electron chi connectivity index (χ4n) is 2.79. The molecule has 0 radical (unpaired) electrons. The zero-order valence-electron chi connectivity index (χ0n) is 11.2. The zero-order chi connectivity index (χ0) is 14.7. The van der Waals surface area contributed by atoms with E-state index < -0.39 is 0 Å². The van der Waals surface area contributed by atoms with Crippen molar-refractivity contribution in [3.05, 3.63) is 83.6 Å². The molecule has 1 aromatic heterocycles. The third kappa shape index (κ3) is 2.63. The minimum absolute atomic E-state index is 0.204. The maximum absolute atomic E-state index is 4.54. The number of benzene rings is 2. The van der Waals surface area contributed by atoms with Gasteiger partial charge >= 0.3 is 25.4 Å². The van der Waals surface area contributed by atoms with E-state index >= 15 is 0 Å². The first kappa shape index (κ1) is 14.4. The van der Waals surface area contributed by atoms with Crippen LogP contribution in [-0.2, 0) is 15.4 Å². The molecule has 4 rings (SSSR count). The van der Waals surface area contributed by atoms with Gasteiger partial charge in [-0.05, 0) is 11.6 Å². The van der Waals surface area contributed by atoms with Crippen molar-refractivity contribution in [2.45, 2.75) is 5.92 Å². The van der Waals surface area contributed by atoms with Gasteiger partial charge < -0.3 is 0 Å². The topological polar surface area (TPSA) is 12.9 Å². The van der Waals surface area contributed by atoms with Crippen LogP contribution in [0.1, 0.15) is 22.6 Å². The van der Waals surface area contributed by atoms with E-state index in [1.54, 1.807) is 0 Å². The van der Waals surface area contributed by atoms with Gasteiger partial charge in [0.15, 0.2) is 0 Å². The molecule has 21 heavy (non-hydrogen) atoms. The molecule has 0 N–H and O–H groups in total. The first-order valence-corrected chi connectivity index (χ1v) is 8.36. The first-order valence-electron chi connectivity index (χ1n) is 6.61. The van der Waals surface area contributed by atoms with Gasteiger partial charge in [-0.3, -0.25) is 11.1 Å². The number of pyridine rings is 1. The van der Waals surface area contributed by atoms with Gasteiger partial charge in [-0.15, -0.1) is 11.6 Å². The standard InChI is InChI=1S/C18H12N.ClH.Cr/c1-2-8-15-13(5-1)10-11-16(15)17-9-3-6-14-7-4-12-19-18(14)17;;/h1-10,12,16H;1H;/q-1;;+3/p-1. The van der Waals surface area contributed by atoms with E-state index in [1.807, 2.05) is 12.3 Å². The van der Waals surface area contributed by atoms with Gasteiger partial charge in [0.2, 0.25) is 0 Å². The van der Waals surface area contributed by atoms with Gasteiger partial charge in [0.25, 0.3) is 0 Å². The molecule has 0 fully saturated rings. The molecule has 3 heteroatoms. The van der Waals surface area contributed by atoms with Crippen LogP contribution in [-0.4, -0.2) is 4.98 Å². The predicted octanol–water partition coefficient (Wildman–Crippen LogP) is 4.88. The normalized spacial score (nSPS) is 15.3. The molecule has 101 valence electrons. The summed E-state index contributed by atoms with van der Waals surface area (Å²) in [6, 6.07) is 18.9. The van der Waals surface area contributed by atoms with Gasteiger partial charge in [-0.1, -0.05) is 48.4 Å². The van der Waals surface area contributed by atoms with Crippen molar-refractivity contribution in [3.8, 4) is 0 Å². The average Bonchev–Trinajstić information content (AvgIpc) is 3.00. The summed E-state index contributed by atoms with van der Waals surface area (Å²) < 4.78 is 0. The number of aromatic nitrogens is 1. The minimum atomic E-state index is 0.204. The van der Waals surface area contributed by atoms with E-state index in [1.165, 1.54) is 22.1 Å². The van der Waals surface area contributed by atoms with Gasteiger partial charge in [0.05, 0.1) is 5.52 Å². The van der Waals surface area contributed by atoms with Gasteiger partial charge in [0.1, 0.15) is 0 Å². The van der Waals surface area contributed by atoms with Gasteiger partial charge in [0, 0.05) is 11.6 Å². The summed E-state index contributed by atoms with van der Waals surface area (Å²) in [7, 11) is 4.51. The number of nitrogens with zero attached hydrogens (tertiary/aromatic N) is 1. The summed E-state index contributed by atoms with van der Waals surface area (Å²) in [6.45, 7) is 0. The van der Waals surface area contributed by atoms with Crippen LogP contribution < -0.4 is 0 Å². The molecular weight excluding hydrogens is 318 g/mol. The molecule has 0 saturated heterocycles. The Morgan fingerprint density at radius 2 is 1.67 bits per heavy atom. The second kappa shape index (κ2) is 6.45. The van der Waals surface area contributed by atoms with Crippen LogP contribution in [0.25, 0.3) is 17.0 Å². The predicted molar refractivity (Wildman–Crippen MR) is 83.6 cm³/mol. The Morgan fingerprint density at radius 3 is 2.57 bits per heavy atom. The quantitative estimate of drug-likeness (QED) is 0.580. The molecule has 2 aromatic carbocycles.